The lowest BCUT2D eigenvalue weighted by Gasteiger charge is -2.42. The standard InChI is InChI=1S/C36H44N2O2/c1-37(2)27-33(35(39,29-17-9-5-10-18-29)30-19-11-6-12-20-30)25-26-34(28-38(3)4)36(40,31-21-13-7-14-22-31)32-23-15-8-16-24-32/h5-24,33-34,39-40H,25-28H2,1-4H3/t33-,34+. The van der Waals surface area contributed by atoms with E-state index in [1.165, 1.54) is 0 Å². The van der Waals surface area contributed by atoms with Crippen LogP contribution in [0.5, 0.6) is 0 Å². The van der Waals surface area contributed by atoms with Gasteiger partial charge in [0, 0.05) is 24.9 Å². The van der Waals surface area contributed by atoms with E-state index in [0.29, 0.717) is 13.1 Å². The van der Waals surface area contributed by atoms with Crippen molar-refractivity contribution in [3.63, 3.8) is 0 Å². The van der Waals surface area contributed by atoms with Crippen molar-refractivity contribution in [3.8, 4) is 0 Å². The van der Waals surface area contributed by atoms with Crippen molar-refractivity contribution in [2.45, 2.75) is 24.0 Å². The topological polar surface area (TPSA) is 46.9 Å². The zero-order chi connectivity index (χ0) is 28.6. The maximum absolute atomic E-state index is 12.7. The molecule has 0 aliphatic rings. The lowest BCUT2D eigenvalue weighted by Crippen LogP contribution is -2.45. The third-order valence-corrected chi connectivity index (χ3v) is 8.07. The molecule has 0 radical (unpaired) electrons. The highest BCUT2D eigenvalue weighted by Gasteiger charge is 2.44. The Balaban J connectivity index is 1.79. The van der Waals surface area contributed by atoms with Crippen LogP contribution in [0, 0.1) is 11.8 Å². The van der Waals surface area contributed by atoms with Crippen LogP contribution in [0.25, 0.3) is 0 Å². The average Bonchev–Trinajstić information content (AvgIpc) is 2.99. The molecular weight excluding hydrogens is 492 g/mol. The van der Waals surface area contributed by atoms with Gasteiger partial charge in [0.2, 0.25) is 0 Å². The molecule has 0 aromatic heterocycles. The quantitative estimate of drug-likeness (QED) is 0.220. The summed E-state index contributed by atoms with van der Waals surface area (Å²) in [5, 5.41) is 25.4. The second-order valence-electron chi connectivity index (χ2n) is 11.5. The highest BCUT2D eigenvalue weighted by molar-refractivity contribution is 5.39. The first-order chi connectivity index (χ1) is 19.3. The Morgan fingerprint density at radius 3 is 0.875 bits per heavy atom. The molecule has 0 aliphatic carbocycles. The normalized spacial score (nSPS) is 13.9. The number of hydrogen-bond acceptors (Lipinski definition) is 4. The molecule has 4 rings (SSSR count). The van der Waals surface area contributed by atoms with Crippen molar-refractivity contribution >= 4 is 0 Å². The smallest absolute Gasteiger partial charge is 0.119 e. The second-order valence-corrected chi connectivity index (χ2v) is 11.5. The zero-order valence-corrected chi connectivity index (χ0v) is 24.3. The summed E-state index contributed by atoms with van der Waals surface area (Å²) in [6, 6.07) is 40.1. The van der Waals surface area contributed by atoms with Crippen molar-refractivity contribution in [2.75, 3.05) is 41.3 Å². The van der Waals surface area contributed by atoms with E-state index in [-0.39, 0.29) is 11.8 Å². The van der Waals surface area contributed by atoms with Crippen LogP contribution in [0.1, 0.15) is 35.1 Å². The van der Waals surface area contributed by atoms with Crippen molar-refractivity contribution in [1.82, 2.24) is 9.80 Å². The van der Waals surface area contributed by atoms with Crippen LogP contribution in [0.2, 0.25) is 0 Å². The molecule has 40 heavy (non-hydrogen) atoms. The Hall–Kier alpha value is -3.28. The van der Waals surface area contributed by atoms with Gasteiger partial charge < -0.3 is 20.0 Å². The summed E-state index contributed by atoms with van der Waals surface area (Å²) < 4.78 is 0. The molecule has 0 saturated carbocycles. The minimum absolute atomic E-state index is 0.118. The lowest BCUT2D eigenvalue weighted by atomic mass is 9.69. The van der Waals surface area contributed by atoms with Crippen molar-refractivity contribution in [1.29, 1.82) is 0 Å². The summed E-state index contributed by atoms with van der Waals surface area (Å²) in [5.74, 6) is -0.236. The number of aliphatic hydroxyl groups is 2. The molecule has 0 unspecified atom stereocenters. The van der Waals surface area contributed by atoms with Crippen molar-refractivity contribution in [2.24, 2.45) is 11.8 Å². The SMILES string of the molecule is CN(C)C[C@@H](CC[C@@H](CN(C)C)C(O)(c1ccccc1)c1ccccc1)C(O)(c1ccccc1)c1ccccc1. The molecule has 0 saturated heterocycles. The number of hydrogen-bond donors (Lipinski definition) is 2. The Bertz CT molecular complexity index is 1100. The van der Waals surface area contributed by atoms with E-state index in [0.717, 1.165) is 35.1 Å². The van der Waals surface area contributed by atoms with E-state index in [4.69, 9.17) is 0 Å². The van der Waals surface area contributed by atoms with E-state index < -0.39 is 11.2 Å². The van der Waals surface area contributed by atoms with Crippen LogP contribution in [0.3, 0.4) is 0 Å². The largest absolute Gasteiger partial charge is 0.380 e. The molecule has 0 aliphatic heterocycles. The predicted molar refractivity (Wildman–Crippen MR) is 165 cm³/mol. The summed E-state index contributed by atoms with van der Waals surface area (Å²) in [6.45, 7) is 1.40. The van der Waals surface area contributed by atoms with Gasteiger partial charge in [-0.05, 0) is 63.3 Å². The van der Waals surface area contributed by atoms with Crippen LogP contribution in [-0.2, 0) is 11.2 Å². The summed E-state index contributed by atoms with van der Waals surface area (Å²) in [7, 11) is 8.24. The maximum atomic E-state index is 12.7. The first-order valence-corrected chi connectivity index (χ1v) is 14.2. The lowest BCUT2D eigenvalue weighted by molar-refractivity contribution is -0.0246. The van der Waals surface area contributed by atoms with Gasteiger partial charge in [0.15, 0.2) is 0 Å². The van der Waals surface area contributed by atoms with Gasteiger partial charge in [-0.25, -0.2) is 0 Å². The van der Waals surface area contributed by atoms with Gasteiger partial charge in [-0.15, -0.1) is 0 Å². The van der Waals surface area contributed by atoms with Crippen molar-refractivity contribution in [3.05, 3.63) is 144 Å². The predicted octanol–water partition coefficient (Wildman–Crippen LogP) is 5.99. The summed E-state index contributed by atoms with van der Waals surface area (Å²) in [6.07, 6.45) is 1.44. The fourth-order valence-electron chi connectivity index (χ4n) is 6.19. The molecule has 2 N–H and O–H groups in total. The molecule has 0 fully saturated rings. The van der Waals surface area contributed by atoms with E-state index in [9.17, 15) is 10.2 Å². The Kier molecular flexibility index (Phi) is 9.94. The Labute approximate surface area is 240 Å². The van der Waals surface area contributed by atoms with Crippen LogP contribution < -0.4 is 0 Å². The number of benzene rings is 4. The van der Waals surface area contributed by atoms with E-state index in [1.807, 2.05) is 121 Å². The van der Waals surface area contributed by atoms with Crippen LogP contribution in [-0.4, -0.2) is 61.3 Å². The van der Waals surface area contributed by atoms with Crippen LogP contribution in [0.4, 0.5) is 0 Å². The summed E-state index contributed by atoms with van der Waals surface area (Å²) in [4.78, 5) is 4.31. The fraction of sp³-hybridized carbons (Fsp3) is 0.333. The molecule has 210 valence electrons. The second kappa shape index (κ2) is 13.4. The van der Waals surface area contributed by atoms with Gasteiger partial charge in [0.25, 0.3) is 0 Å². The molecule has 0 bridgehead atoms. The molecular formula is C36H44N2O2. The van der Waals surface area contributed by atoms with E-state index in [2.05, 4.69) is 38.0 Å². The third kappa shape index (κ3) is 6.54. The van der Waals surface area contributed by atoms with Gasteiger partial charge >= 0.3 is 0 Å². The molecule has 0 spiro atoms. The third-order valence-electron chi connectivity index (χ3n) is 8.07. The van der Waals surface area contributed by atoms with Gasteiger partial charge in [0.05, 0.1) is 0 Å². The van der Waals surface area contributed by atoms with Crippen LogP contribution in [0.15, 0.2) is 121 Å². The molecule has 4 heteroatoms. The Morgan fingerprint density at radius 1 is 0.450 bits per heavy atom. The van der Waals surface area contributed by atoms with Gasteiger partial charge in [-0.2, -0.15) is 0 Å². The molecule has 4 aromatic carbocycles. The van der Waals surface area contributed by atoms with Gasteiger partial charge in [0.1, 0.15) is 11.2 Å². The number of rotatable bonds is 13. The first kappa shape index (κ1) is 29.7. The monoisotopic (exact) mass is 536 g/mol. The summed E-state index contributed by atoms with van der Waals surface area (Å²) >= 11 is 0. The molecule has 4 nitrogen and oxygen atoms in total. The van der Waals surface area contributed by atoms with Gasteiger partial charge in [-0.1, -0.05) is 121 Å². The maximum Gasteiger partial charge on any atom is 0.119 e. The molecule has 4 aromatic rings. The van der Waals surface area contributed by atoms with E-state index >= 15 is 0 Å². The van der Waals surface area contributed by atoms with E-state index in [1.54, 1.807) is 0 Å². The fourth-order valence-corrected chi connectivity index (χ4v) is 6.19. The van der Waals surface area contributed by atoms with Gasteiger partial charge in [-0.3, -0.25) is 0 Å². The average molecular weight is 537 g/mol. The molecule has 2 atom stereocenters. The molecule has 0 heterocycles. The highest BCUT2D eigenvalue weighted by atomic mass is 16.3. The van der Waals surface area contributed by atoms with Crippen LogP contribution >= 0.6 is 0 Å². The summed E-state index contributed by atoms with van der Waals surface area (Å²) in [5.41, 5.74) is 1.18. The zero-order valence-electron chi connectivity index (χ0n) is 24.3. The minimum Gasteiger partial charge on any atom is -0.380 e. The van der Waals surface area contributed by atoms with Crippen molar-refractivity contribution < 1.29 is 10.2 Å². The minimum atomic E-state index is -1.19. The molecule has 0 amide bonds. The number of nitrogens with zero attached hydrogens (tertiary/aromatic N) is 2. The Morgan fingerprint density at radius 2 is 0.675 bits per heavy atom. The first-order valence-electron chi connectivity index (χ1n) is 14.2. The highest BCUT2D eigenvalue weighted by Crippen LogP contribution is 2.44.